The number of thioether (sulfide) groups is 1. The molecule has 2 amide bonds. The summed E-state index contributed by atoms with van der Waals surface area (Å²) in [5, 5.41) is 3.03. The Kier molecular flexibility index (Phi) is 8.51. The van der Waals surface area contributed by atoms with Crippen LogP contribution in [0.5, 0.6) is 0 Å². The van der Waals surface area contributed by atoms with Crippen LogP contribution in [0.25, 0.3) is 0 Å². The molecular weight excluding hydrogens is 553 g/mol. The topological polar surface area (TPSA) is 67.9 Å². The zero-order valence-electron chi connectivity index (χ0n) is 22.6. The molecule has 8 heteroatoms. The lowest BCUT2D eigenvalue weighted by molar-refractivity contribution is -0.145. The number of rotatable bonds is 9. The standard InChI is InChI=1S/C33H32N2O4S2/c36-27(19-22-11-4-1-5-12-22)34-28-31(37)35-29(25(21-41-32(28)35)20-26-17-10-18-38-26)33(40)39-30(23-13-6-2-7-14-23)24-15-8-3-9-16-24/h1-9,11-16,26,28,30,32H,10,17-21H2,(H,34,36)/t26?,28?,32-/m1/s1. The largest absolute Gasteiger partial charge is 0.469 e. The number of nitrogens with zero attached hydrogens (tertiary/aromatic N) is 1. The monoisotopic (exact) mass is 584 g/mol. The van der Waals surface area contributed by atoms with Gasteiger partial charge in [-0.3, -0.25) is 14.5 Å². The van der Waals surface area contributed by atoms with Crippen LogP contribution in [0.4, 0.5) is 0 Å². The molecule has 2 unspecified atom stereocenters. The quantitative estimate of drug-likeness (QED) is 0.262. The van der Waals surface area contributed by atoms with Gasteiger partial charge in [-0.15, -0.1) is 11.8 Å². The number of benzene rings is 3. The Morgan fingerprint density at radius 2 is 1.63 bits per heavy atom. The molecule has 41 heavy (non-hydrogen) atoms. The second-order valence-electron chi connectivity index (χ2n) is 10.5. The van der Waals surface area contributed by atoms with E-state index in [0.29, 0.717) is 22.9 Å². The maximum Gasteiger partial charge on any atom is 0.253 e. The van der Waals surface area contributed by atoms with Gasteiger partial charge in [0.05, 0.1) is 18.2 Å². The molecule has 0 aliphatic carbocycles. The Balaban J connectivity index is 1.25. The van der Waals surface area contributed by atoms with Crippen molar-refractivity contribution in [3.8, 4) is 0 Å². The van der Waals surface area contributed by atoms with Gasteiger partial charge in [-0.1, -0.05) is 91.0 Å². The SMILES string of the molecule is O=C(Cc1ccccc1)NC1C(=O)N2C(C(=S)OC(c3ccccc3)c3ccccc3)=C(CC3CCCO3)CS[C@H]12. The molecule has 3 aromatic carbocycles. The highest BCUT2D eigenvalue weighted by molar-refractivity contribution is 8.00. The zero-order valence-corrected chi connectivity index (χ0v) is 24.2. The first-order valence-corrected chi connectivity index (χ1v) is 15.5. The van der Waals surface area contributed by atoms with Gasteiger partial charge >= 0.3 is 0 Å². The van der Waals surface area contributed by atoms with Gasteiger partial charge in [0.15, 0.2) is 0 Å². The van der Waals surface area contributed by atoms with Crippen molar-refractivity contribution in [1.82, 2.24) is 10.2 Å². The van der Waals surface area contributed by atoms with Crippen molar-refractivity contribution in [2.75, 3.05) is 12.4 Å². The van der Waals surface area contributed by atoms with Crippen molar-refractivity contribution in [3.63, 3.8) is 0 Å². The van der Waals surface area contributed by atoms with Crippen LogP contribution in [0.2, 0.25) is 0 Å². The third kappa shape index (κ3) is 6.10. The summed E-state index contributed by atoms with van der Waals surface area (Å²) in [7, 11) is 0. The van der Waals surface area contributed by atoms with Crippen LogP contribution in [-0.2, 0) is 25.5 Å². The summed E-state index contributed by atoms with van der Waals surface area (Å²) < 4.78 is 12.5. The predicted octanol–water partition coefficient (Wildman–Crippen LogP) is 5.59. The van der Waals surface area contributed by atoms with Gasteiger partial charge in [-0.25, -0.2) is 0 Å². The maximum absolute atomic E-state index is 13.6. The average Bonchev–Trinajstić information content (AvgIpc) is 3.53. The molecule has 2 fully saturated rings. The molecule has 3 aliphatic heterocycles. The van der Waals surface area contributed by atoms with E-state index in [1.165, 1.54) is 0 Å². The fourth-order valence-corrected chi connectivity index (χ4v) is 7.36. The second kappa shape index (κ2) is 12.6. The predicted molar refractivity (Wildman–Crippen MR) is 164 cm³/mol. The molecule has 0 aromatic heterocycles. The Morgan fingerprint density at radius 3 is 2.24 bits per heavy atom. The van der Waals surface area contributed by atoms with Crippen LogP contribution >= 0.6 is 24.0 Å². The summed E-state index contributed by atoms with van der Waals surface area (Å²) in [6, 6.07) is 28.9. The van der Waals surface area contributed by atoms with E-state index in [9.17, 15) is 9.59 Å². The van der Waals surface area contributed by atoms with E-state index in [4.69, 9.17) is 21.7 Å². The summed E-state index contributed by atoms with van der Waals surface area (Å²) in [6.07, 6.45) is 2.64. The molecule has 0 bridgehead atoms. The van der Waals surface area contributed by atoms with Crippen LogP contribution in [0.3, 0.4) is 0 Å². The van der Waals surface area contributed by atoms with E-state index in [-0.39, 0.29) is 29.7 Å². The van der Waals surface area contributed by atoms with E-state index in [1.807, 2.05) is 91.0 Å². The molecule has 3 atom stereocenters. The molecule has 3 aliphatic rings. The first-order valence-electron chi connectivity index (χ1n) is 14.0. The minimum absolute atomic E-state index is 0.108. The number of hydrogen-bond acceptors (Lipinski definition) is 6. The number of carbonyl (C=O) groups is 2. The highest BCUT2D eigenvalue weighted by Gasteiger charge is 2.54. The van der Waals surface area contributed by atoms with Crippen molar-refractivity contribution >= 4 is 40.8 Å². The first-order chi connectivity index (χ1) is 20.1. The second-order valence-corrected chi connectivity index (χ2v) is 12.0. The average molecular weight is 585 g/mol. The lowest BCUT2D eigenvalue weighted by Crippen LogP contribution is -2.70. The fraction of sp³-hybridized carbons (Fsp3) is 0.303. The fourth-order valence-electron chi connectivity index (χ4n) is 5.66. The molecule has 6 rings (SSSR count). The molecule has 3 aromatic rings. The van der Waals surface area contributed by atoms with E-state index in [0.717, 1.165) is 41.7 Å². The lowest BCUT2D eigenvalue weighted by atomic mass is 9.98. The first kappa shape index (κ1) is 27.7. The van der Waals surface area contributed by atoms with Crippen LogP contribution in [0.1, 0.15) is 42.1 Å². The molecule has 2 saturated heterocycles. The summed E-state index contributed by atoms with van der Waals surface area (Å²) >= 11 is 7.65. The Morgan fingerprint density at radius 1 is 1.00 bits per heavy atom. The van der Waals surface area contributed by atoms with Gasteiger partial charge in [0, 0.05) is 12.4 Å². The Hall–Kier alpha value is -3.46. The number of carbonyl (C=O) groups excluding carboxylic acids is 2. The molecule has 0 spiro atoms. The highest BCUT2D eigenvalue weighted by Crippen LogP contribution is 2.43. The summed E-state index contributed by atoms with van der Waals surface area (Å²) in [5.74, 6) is 0.363. The lowest BCUT2D eigenvalue weighted by Gasteiger charge is -2.50. The number of nitrogens with one attached hydrogen (secondary N) is 1. The van der Waals surface area contributed by atoms with Gasteiger partial charge in [0.25, 0.3) is 5.91 Å². The summed E-state index contributed by atoms with van der Waals surface area (Å²) in [6.45, 7) is 0.756. The van der Waals surface area contributed by atoms with Gasteiger partial charge in [0.2, 0.25) is 11.0 Å². The number of hydrogen-bond donors (Lipinski definition) is 1. The zero-order chi connectivity index (χ0) is 28.2. The summed E-state index contributed by atoms with van der Waals surface area (Å²) in [4.78, 5) is 28.2. The van der Waals surface area contributed by atoms with E-state index < -0.39 is 12.1 Å². The van der Waals surface area contributed by atoms with Crippen LogP contribution in [0, 0.1) is 0 Å². The van der Waals surface area contributed by atoms with Gasteiger partial charge < -0.3 is 14.8 Å². The number of ether oxygens (including phenoxy) is 2. The van der Waals surface area contributed by atoms with E-state index in [1.54, 1.807) is 16.7 Å². The number of thiocarbonyl (C=S) groups is 1. The number of amides is 2. The van der Waals surface area contributed by atoms with Gasteiger partial charge in [0.1, 0.15) is 17.5 Å². The molecule has 6 nitrogen and oxygen atoms in total. The Bertz CT molecular complexity index is 1390. The summed E-state index contributed by atoms with van der Waals surface area (Å²) in [5.41, 5.74) is 4.59. The number of β-lactam (4-membered cyclic amide) rings is 1. The van der Waals surface area contributed by atoms with E-state index in [2.05, 4.69) is 5.32 Å². The van der Waals surface area contributed by atoms with Gasteiger partial charge in [-0.2, -0.15) is 0 Å². The highest BCUT2D eigenvalue weighted by atomic mass is 32.2. The minimum Gasteiger partial charge on any atom is -0.469 e. The molecule has 1 N–H and O–H groups in total. The molecule has 3 heterocycles. The molecular formula is C33H32N2O4S2. The van der Waals surface area contributed by atoms with Crippen molar-refractivity contribution in [3.05, 3.63) is 119 Å². The molecule has 0 saturated carbocycles. The van der Waals surface area contributed by atoms with E-state index >= 15 is 0 Å². The molecule has 0 radical (unpaired) electrons. The van der Waals surface area contributed by atoms with Crippen LogP contribution in [-0.4, -0.2) is 51.6 Å². The normalized spacial score (nSPS) is 21.8. The third-order valence-electron chi connectivity index (χ3n) is 7.69. The smallest absolute Gasteiger partial charge is 0.253 e. The maximum atomic E-state index is 13.6. The minimum atomic E-state index is -0.600. The van der Waals surface area contributed by atoms with Crippen molar-refractivity contribution in [2.45, 2.75) is 49.3 Å². The van der Waals surface area contributed by atoms with Crippen molar-refractivity contribution < 1.29 is 19.1 Å². The number of fused-ring (bicyclic) bond motifs is 1. The van der Waals surface area contributed by atoms with Crippen molar-refractivity contribution in [2.24, 2.45) is 0 Å². The van der Waals surface area contributed by atoms with Gasteiger partial charge in [-0.05, 0) is 53.7 Å². The van der Waals surface area contributed by atoms with Crippen LogP contribution in [0.15, 0.2) is 102 Å². The Labute approximate surface area is 250 Å². The van der Waals surface area contributed by atoms with Crippen molar-refractivity contribution in [1.29, 1.82) is 0 Å². The van der Waals surface area contributed by atoms with Crippen LogP contribution < -0.4 is 5.32 Å². The molecule has 210 valence electrons. The third-order valence-corrected chi connectivity index (χ3v) is 9.32.